The van der Waals surface area contributed by atoms with Crippen molar-refractivity contribution in [3.63, 3.8) is 0 Å². The maximum absolute atomic E-state index is 12.7. The number of hydrogen-bond acceptors (Lipinski definition) is 6. The lowest BCUT2D eigenvalue weighted by Crippen LogP contribution is -2.26. The van der Waals surface area contributed by atoms with Gasteiger partial charge in [0.15, 0.2) is 0 Å². The summed E-state index contributed by atoms with van der Waals surface area (Å²) in [6.07, 6.45) is 3.30. The fourth-order valence-corrected chi connectivity index (χ4v) is 2.77. The Bertz CT molecular complexity index is 861. The molecule has 1 aromatic rings. The van der Waals surface area contributed by atoms with E-state index in [4.69, 9.17) is 14.6 Å². The van der Waals surface area contributed by atoms with Crippen LogP contribution in [0.5, 0.6) is 0 Å². The molecule has 0 spiro atoms. The fourth-order valence-electron chi connectivity index (χ4n) is 2.77. The van der Waals surface area contributed by atoms with Crippen molar-refractivity contribution in [2.75, 3.05) is 27.4 Å². The number of methoxy groups -OCH3 is 2. The van der Waals surface area contributed by atoms with Crippen LogP contribution in [-0.4, -0.2) is 50.0 Å². The Hall–Kier alpha value is -3.19. The Balaban J connectivity index is 2.15. The highest BCUT2D eigenvalue weighted by molar-refractivity contribution is 6.23. The van der Waals surface area contributed by atoms with E-state index < -0.39 is 0 Å². The van der Waals surface area contributed by atoms with Gasteiger partial charge in [-0.1, -0.05) is 24.3 Å². The van der Waals surface area contributed by atoms with Crippen molar-refractivity contribution in [3.05, 3.63) is 64.1 Å². The predicted molar refractivity (Wildman–Crippen MR) is 103 cm³/mol. The van der Waals surface area contributed by atoms with E-state index in [-0.39, 0.29) is 48.6 Å². The summed E-state index contributed by atoms with van der Waals surface area (Å²) in [5.74, 6) is -1.17. The van der Waals surface area contributed by atoms with Crippen LogP contribution in [0.4, 0.5) is 0 Å². The number of nitrogens with one attached hydrogen (secondary N) is 1. The van der Waals surface area contributed by atoms with Crippen molar-refractivity contribution < 1.29 is 29.0 Å². The molecule has 0 unspecified atom stereocenters. The first-order chi connectivity index (χ1) is 13.4. The zero-order chi connectivity index (χ0) is 20.7. The number of Topliss-reactive ketones (excluding diaryl/α,β-unsaturated/α-hetero) is 2. The van der Waals surface area contributed by atoms with Crippen LogP contribution in [0.1, 0.15) is 18.1 Å². The first-order valence-corrected chi connectivity index (χ1v) is 8.70. The molecule has 0 atom stereocenters. The fraction of sp³-hybridized carbons (Fsp3) is 0.286. The average Bonchev–Trinajstić information content (AvgIpc) is 2.71. The number of amides is 1. The molecule has 0 heterocycles. The summed E-state index contributed by atoms with van der Waals surface area (Å²) in [6.45, 7) is 1.69. The van der Waals surface area contributed by atoms with E-state index in [1.807, 2.05) is 24.3 Å². The Morgan fingerprint density at radius 1 is 1.07 bits per heavy atom. The minimum Gasteiger partial charge on any atom is -0.489 e. The quantitative estimate of drug-likeness (QED) is 0.517. The monoisotopic (exact) mass is 385 g/mol. The molecule has 0 bridgehead atoms. The Kier molecular flexibility index (Phi) is 7.28. The number of aliphatic hydroxyl groups excluding tert-OH is 1. The van der Waals surface area contributed by atoms with Crippen LogP contribution in [-0.2, 0) is 30.3 Å². The molecule has 1 aliphatic rings. The highest BCUT2D eigenvalue weighted by Gasteiger charge is 2.34. The summed E-state index contributed by atoms with van der Waals surface area (Å²) in [4.78, 5) is 36.6. The average molecular weight is 385 g/mol. The van der Waals surface area contributed by atoms with Gasteiger partial charge in [-0.2, -0.15) is 0 Å². The predicted octanol–water partition coefficient (Wildman–Crippen LogP) is 1.32. The first kappa shape index (κ1) is 21.1. The highest BCUT2D eigenvalue weighted by atomic mass is 16.5. The van der Waals surface area contributed by atoms with E-state index in [9.17, 15) is 14.4 Å². The lowest BCUT2D eigenvalue weighted by Gasteiger charge is -2.20. The Morgan fingerprint density at radius 2 is 1.68 bits per heavy atom. The van der Waals surface area contributed by atoms with Gasteiger partial charge in [0.1, 0.15) is 0 Å². The molecule has 0 saturated carbocycles. The minimum absolute atomic E-state index is 0.0753. The van der Waals surface area contributed by atoms with Crippen LogP contribution in [0.25, 0.3) is 6.08 Å². The van der Waals surface area contributed by atoms with Crippen LogP contribution < -0.4 is 5.32 Å². The molecule has 7 nitrogen and oxygen atoms in total. The smallest absolute Gasteiger partial charge is 0.244 e. The van der Waals surface area contributed by atoms with Crippen LogP contribution >= 0.6 is 0 Å². The van der Waals surface area contributed by atoms with Crippen molar-refractivity contribution in [1.82, 2.24) is 5.32 Å². The second-order valence-corrected chi connectivity index (χ2v) is 6.09. The molecule has 0 saturated heterocycles. The molecular weight excluding hydrogens is 362 g/mol. The summed E-state index contributed by atoms with van der Waals surface area (Å²) >= 11 is 0. The molecule has 0 radical (unpaired) electrons. The molecule has 1 aromatic carbocycles. The van der Waals surface area contributed by atoms with Gasteiger partial charge in [0.05, 0.1) is 20.8 Å². The molecule has 28 heavy (non-hydrogen) atoms. The molecule has 0 fully saturated rings. The number of aliphatic hydroxyl groups is 1. The molecule has 0 aromatic heterocycles. The molecule has 1 aliphatic carbocycles. The third-order valence-corrected chi connectivity index (χ3v) is 4.29. The van der Waals surface area contributed by atoms with E-state index in [1.165, 1.54) is 20.3 Å². The van der Waals surface area contributed by atoms with Gasteiger partial charge in [-0.05, 0) is 24.1 Å². The summed E-state index contributed by atoms with van der Waals surface area (Å²) in [6, 6.07) is 7.27. The normalized spacial score (nSPS) is 14.7. The Morgan fingerprint density at radius 3 is 2.25 bits per heavy atom. The van der Waals surface area contributed by atoms with Gasteiger partial charge < -0.3 is 19.9 Å². The SMILES string of the molecule is COC1=C(OC)C(=O)C(Cc2ccc(/C=C/C(=O)NCCO)cc2)=C(C)C1=O. The van der Waals surface area contributed by atoms with Gasteiger partial charge in [0.2, 0.25) is 29.0 Å². The second-order valence-electron chi connectivity index (χ2n) is 6.09. The van der Waals surface area contributed by atoms with E-state index >= 15 is 0 Å². The van der Waals surface area contributed by atoms with E-state index in [2.05, 4.69) is 5.32 Å². The number of carbonyl (C=O) groups excluding carboxylic acids is 3. The van der Waals surface area contributed by atoms with Gasteiger partial charge in [0.25, 0.3) is 0 Å². The minimum atomic E-state index is -0.360. The number of ether oxygens (including phenoxy) is 2. The summed E-state index contributed by atoms with van der Waals surface area (Å²) < 4.78 is 10.1. The Labute approximate surface area is 163 Å². The molecular formula is C21H23NO6. The number of carbonyl (C=O) groups is 3. The summed E-state index contributed by atoms with van der Waals surface area (Å²) in [5, 5.41) is 11.2. The van der Waals surface area contributed by atoms with E-state index in [0.717, 1.165) is 11.1 Å². The maximum atomic E-state index is 12.7. The van der Waals surface area contributed by atoms with Gasteiger partial charge in [-0.15, -0.1) is 0 Å². The highest BCUT2D eigenvalue weighted by Crippen LogP contribution is 2.28. The van der Waals surface area contributed by atoms with Crippen molar-refractivity contribution in [1.29, 1.82) is 0 Å². The number of rotatable bonds is 8. The summed E-state index contributed by atoms with van der Waals surface area (Å²) in [7, 11) is 2.66. The molecule has 148 valence electrons. The molecule has 2 N–H and O–H groups in total. The van der Waals surface area contributed by atoms with Crippen LogP contribution in [0.15, 0.2) is 53.0 Å². The largest absolute Gasteiger partial charge is 0.489 e. The third-order valence-electron chi connectivity index (χ3n) is 4.29. The zero-order valence-corrected chi connectivity index (χ0v) is 16.1. The standard InChI is InChI=1S/C21H23NO6/c1-13-16(19(26)21(28-3)20(27-2)18(13)25)12-15-6-4-14(5-7-15)8-9-17(24)22-10-11-23/h4-9,23H,10-12H2,1-3H3,(H,22,24)/b9-8+. The lowest BCUT2D eigenvalue weighted by atomic mass is 9.89. The molecule has 0 aliphatic heterocycles. The maximum Gasteiger partial charge on any atom is 0.244 e. The second kappa shape index (κ2) is 9.66. The molecule has 7 heteroatoms. The van der Waals surface area contributed by atoms with E-state index in [1.54, 1.807) is 13.0 Å². The molecule has 2 rings (SSSR count). The lowest BCUT2D eigenvalue weighted by molar-refractivity contribution is -0.121. The number of benzene rings is 1. The van der Waals surface area contributed by atoms with Crippen LogP contribution in [0.2, 0.25) is 0 Å². The van der Waals surface area contributed by atoms with Crippen molar-refractivity contribution >= 4 is 23.5 Å². The van der Waals surface area contributed by atoms with Crippen molar-refractivity contribution in [2.24, 2.45) is 0 Å². The summed E-state index contributed by atoms with van der Waals surface area (Å²) in [5.41, 5.74) is 2.36. The van der Waals surface area contributed by atoms with Crippen molar-refractivity contribution in [3.8, 4) is 0 Å². The van der Waals surface area contributed by atoms with Gasteiger partial charge in [-0.3, -0.25) is 14.4 Å². The van der Waals surface area contributed by atoms with E-state index in [0.29, 0.717) is 11.1 Å². The van der Waals surface area contributed by atoms with Crippen molar-refractivity contribution in [2.45, 2.75) is 13.3 Å². The first-order valence-electron chi connectivity index (χ1n) is 8.70. The van der Waals surface area contributed by atoms with Gasteiger partial charge in [0, 0.05) is 30.2 Å². The van der Waals surface area contributed by atoms with Crippen LogP contribution in [0, 0.1) is 0 Å². The number of hydrogen-bond donors (Lipinski definition) is 2. The van der Waals surface area contributed by atoms with Gasteiger partial charge >= 0.3 is 0 Å². The number of ketones is 2. The third kappa shape index (κ3) is 4.75. The number of allylic oxidation sites excluding steroid dienone is 2. The zero-order valence-electron chi connectivity index (χ0n) is 16.1. The van der Waals surface area contributed by atoms with Crippen LogP contribution in [0.3, 0.4) is 0 Å². The molecule has 1 amide bonds. The van der Waals surface area contributed by atoms with Gasteiger partial charge in [-0.25, -0.2) is 0 Å². The topological polar surface area (TPSA) is 102 Å².